The van der Waals surface area contributed by atoms with Crippen LogP contribution in [-0.4, -0.2) is 40.1 Å². The van der Waals surface area contributed by atoms with E-state index in [4.69, 9.17) is 9.47 Å². The average molecular weight is 347 g/mol. The van der Waals surface area contributed by atoms with Gasteiger partial charge < -0.3 is 13.9 Å². The fourth-order valence-corrected chi connectivity index (χ4v) is 4.10. The Morgan fingerprint density at radius 2 is 1.92 bits per heavy atom. The molecule has 7 heteroatoms. The summed E-state index contributed by atoms with van der Waals surface area (Å²) in [6.07, 6.45) is 1.70. The number of hydrogen-bond acceptors (Lipinski definition) is 6. The van der Waals surface area contributed by atoms with E-state index in [9.17, 15) is 14.4 Å². The van der Waals surface area contributed by atoms with E-state index >= 15 is 0 Å². The van der Waals surface area contributed by atoms with Gasteiger partial charge in [-0.2, -0.15) is 0 Å². The lowest BCUT2D eigenvalue weighted by atomic mass is 10.0. The molecule has 2 aromatic heterocycles. The van der Waals surface area contributed by atoms with Gasteiger partial charge in [0.2, 0.25) is 5.78 Å². The zero-order valence-corrected chi connectivity index (χ0v) is 14.4. The van der Waals surface area contributed by atoms with Gasteiger partial charge in [-0.3, -0.25) is 9.59 Å². The minimum absolute atomic E-state index is 0.186. The number of aromatic nitrogens is 1. The Morgan fingerprint density at radius 3 is 2.58 bits per heavy atom. The van der Waals surface area contributed by atoms with Gasteiger partial charge in [0.15, 0.2) is 4.75 Å². The fraction of sp³-hybridized carbons (Fsp3) is 0.353. The molecule has 6 nitrogen and oxygen atoms in total. The largest absolute Gasteiger partial charge is 0.465 e. The lowest BCUT2D eigenvalue weighted by Gasteiger charge is -2.19. The number of Topliss-reactive ketones (excluding diaryl/α,β-unsaturated/α-hetero) is 1. The number of ketones is 1. The van der Waals surface area contributed by atoms with E-state index in [-0.39, 0.29) is 19.0 Å². The van der Waals surface area contributed by atoms with Crippen molar-refractivity contribution in [3.05, 3.63) is 35.7 Å². The molecule has 0 saturated heterocycles. The zero-order chi connectivity index (χ0) is 17.5. The van der Waals surface area contributed by atoms with Crippen LogP contribution in [0.15, 0.2) is 29.3 Å². The quantitative estimate of drug-likeness (QED) is 0.625. The number of carbonyl (C=O) groups is 3. The predicted octanol–water partition coefficient (Wildman–Crippen LogP) is 2.73. The zero-order valence-electron chi connectivity index (χ0n) is 13.6. The third-order valence-electron chi connectivity index (χ3n) is 3.90. The predicted molar refractivity (Wildman–Crippen MR) is 88.6 cm³/mol. The summed E-state index contributed by atoms with van der Waals surface area (Å²) >= 11 is 1.06. The molecule has 0 spiro atoms. The second-order valence-corrected chi connectivity index (χ2v) is 6.84. The molecule has 0 radical (unpaired) electrons. The van der Waals surface area contributed by atoms with Crippen molar-refractivity contribution in [1.82, 2.24) is 4.40 Å². The topological polar surface area (TPSA) is 74.1 Å². The maximum absolute atomic E-state index is 12.9. The first-order valence-electron chi connectivity index (χ1n) is 7.66. The van der Waals surface area contributed by atoms with Gasteiger partial charge in [-0.1, -0.05) is 17.8 Å². The second kappa shape index (κ2) is 5.98. The van der Waals surface area contributed by atoms with E-state index < -0.39 is 16.7 Å². The molecule has 0 aliphatic carbocycles. The Morgan fingerprint density at radius 1 is 1.21 bits per heavy atom. The molecule has 0 N–H and O–H groups in total. The summed E-state index contributed by atoms with van der Waals surface area (Å²) in [5.41, 5.74) is 1.24. The highest BCUT2D eigenvalue weighted by Gasteiger charge is 2.53. The van der Waals surface area contributed by atoms with Crippen LogP contribution in [0.25, 0.3) is 5.52 Å². The minimum Gasteiger partial charge on any atom is -0.465 e. The lowest BCUT2D eigenvalue weighted by molar-refractivity contribution is -0.144. The van der Waals surface area contributed by atoms with Gasteiger partial charge in [0.05, 0.1) is 29.2 Å². The molecule has 24 heavy (non-hydrogen) atoms. The summed E-state index contributed by atoms with van der Waals surface area (Å²) in [5.74, 6) is -1.47. The Balaban J connectivity index is 2.20. The number of hydrogen-bond donors (Lipinski definition) is 0. The Labute approximate surface area is 143 Å². The van der Waals surface area contributed by atoms with Crippen LogP contribution < -0.4 is 0 Å². The number of fused-ring (bicyclic) bond motifs is 3. The van der Waals surface area contributed by atoms with Crippen molar-refractivity contribution in [3.8, 4) is 0 Å². The summed E-state index contributed by atoms with van der Waals surface area (Å²) in [6.45, 7) is 5.35. The first-order valence-corrected chi connectivity index (χ1v) is 8.48. The van der Waals surface area contributed by atoms with E-state index in [1.165, 1.54) is 6.92 Å². The molecule has 1 unspecified atom stereocenters. The summed E-state index contributed by atoms with van der Waals surface area (Å²) in [7, 11) is 0. The highest BCUT2D eigenvalue weighted by Crippen LogP contribution is 2.49. The van der Waals surface area contributed by atoms with Gasteiger partial charge in [0.1, 0.15) is 5.69 Å². The van der Waals surface area contributed by atoms with Crippen molar-refractivity contribution < 1.29 is 23.9 Å². The first-order chi connectivity index (χ1) is 11.5. The number of nitrogens with zero attached hydrogens (tertiary/aromatic N) is 1. The van der Waals surface area contributed by atoms with Crippen LogP contribution in [0.1, 0.15) is 41.6 Å². The van der Waals surface area contributed by atoms with Gasteiger partial charge >= 0.3 is 11.9 Å². The summed E-state index contributed by atoms with van der Waals surface area (Å²) in [5, 5.41) is 0. The van der Waals surface area contributed by atoms with Crippen LogP contribution in [0.5, 0.6) is 0 Å². The Kier molecular flexibility index (Phi) is 4.13. The van der Waals surface area contributed by atoms with Gasteiger partial charge in [-0.15, -0.1) is 0 Å². The standard InChI is InChI=1S/C17H17NO5S/c1-4-22-15(20)11-10-8-6-7-9-18(10)12-13(11)24-17(3,14(12)19)16(21)23-5-2/h6-9H,4-5H2,1-3H3. The van der Waals surface area contributed by atoms with Crippen molar-refractivity contribution in [3.63, 3.8) is 0 Å². The molecule has 0 bridgehead atoms. The number of pyridine rings is 1. The third kappa shape index (κ3) is 2.23. The van der Waals surface area contributed by atoms with E-state index in [1.807, 2.05) is 0 Å². The highest BCUT2D eigenvalue weighted by atomic mass is 32.2. The number of ether oxygens (including phenoxy) is 2. The molecule has 0 fully saturated rings. The van der Waals surface area contributed by atoms with E-state index in [2.05, 4.69) is 0 Å². The molecular weight excluding hydrogens is 330 g/mol. The Bertz CT molecular complexity index is 856. The first kappa shape index (κ1) is 16.6. The van der Waals surface area contributed by atoms with E-state index in [0.29, 0.717) is 21.7 Å². The van der Waals surface area contributed by atoms with Crippen molar-refractivity contribution in [1.29, 1.82) is 0 Å². The van der Waals surface area contributed by atoms with Crippen LogP contribution in [0, 0.1) is 0 Å². The molecule has 126 valence electrons. The maximum Gasteiger partial charge on any atom is 0.341 e. The molecule has 3 heterocycles. The molecule has 1 aliphatic heterocycles. The second-order valence-electron chi connectivity index (χ2n) is 5.41. The van der Waals surface area contributed by atoms with Crippen molar-refractivity contribution in [2.24, 2.45) is 0 Å². The minimum atomic E-state index is -1.39. The normalized spacial score (nSPS) is 19.4. The van der Waals surface area contributed by atoms with Gasteiger partial charge in [0, 0.05) is 6.20 Å². The molecule has 3 rings (SSSR count). The molecule has 0 aromatic carbocycles. The summed E-state index contributed by atoms with van der Waals surface area (Å²) < 4.78 is 10.4. The molecule has 2 aromatic rings. The summed E-state index contributed by atoms with van der Waals surface area (Å²) in [6, 6.07) is 5.30. The lowest BCUT2D eigenvalue weighted by Crippen LogP contribution is -2.39. The van der Waals surface area contributed by atoms with Crippen LogP contribution in [0.2, 0.25) is 0 Å². The van der Waals surface area contributed by atoms with Gasteiger partial charge in [-0.05, 0) is 32.9 Å². The van der Waals surface area contributed by atoms with Crippen molar-refractivity contribution >= 4 is 35.0 Å². The van der Waals surface area contributed by atoms with E-state index in [1.54, 1.807) is 42.6 Å². The summed E-state index contributed by atoms with van der Waals surface area (Å²) in [4.78, 5) is 38.1. The van der Waals surface area contributed by atoms with Gasteiger partial charge in [0.25, 0.3) is 0 Å². The molecular formula is C17H17NO5S. The molecule has 0 amide bonds. The molecule has 0 saturated carbocycles. The van der Waals surface area contributed by atoms with E-state index in [0.717, 1.165) is 11.8 Å². The van der Waals surface area contributed by atoms with Gasteiger partial charge in [-0.25, -0.2) is 4.79 Å². The number of thioether (sulfide) groups is 1. The average Bonchev–Trinajstić information content (AvgIpc) is 3.00. The Hall–Kier alpha value is -2.28. The number of esters is 2. The molecule has 1 aliphatic rings. The fourth-order valence-electron chi connectivity index (χ4n) is 2.78. The SMILES string of the molecule is CCOC(=O)c1c2c(n3ccccc13)C(=O)C(C)(C(=O)OCC)S2. The molecule has 1 atom stereocenters. The van der Waals surface area contributed by atoms with Crippen LogP contribution in [0.4, 0.5) is 0 Å². The number of rotatable bonds is 4. The highest BCUT2D eigenvalue weighted by molar-refractivity contribution is 8.03. The smallest absolute Gasteiger partial charge is 0.341 e. The third-order valence-corrected chi connectivity index (χ3v) is 5.26. The van der Waals surface area contributed by atoms with Crippen molar-refractivity contribution in [2.75, 3.05) is 13.2 Å². The van der Waals surface area contributed by atoms with Crippen LogP contribution >= 0.6 is 11.8 Å². The number of carbonyl (C=O) groups excluding carboxylic acids is 3. The van der Waals surface area contributed by atoms with Crippen molar-refractivity contribution in [2.45, 2.75) is 30.4 Å². The maximum atomic E-state index is 12.9. The monoisotopic (exact) mass is 347 g/mol. The van der Waals surface area contributed by atoms with Crippen LogP contribution in [0.3, 0.4) is 0 Å². The van der Waals surface area contributed by atoms with Crippen LogP contribution in [-0.2, 0) is 14.3 Å².